The van der Waals surface area contributed by atoms with Crippen molar-refractivity contribution in [2.45, 2.75) is 12.6 Å². The SMILES string of the molecule is COC(=O)[C@H](CNC(=O)c1cc(O)cc(OCCOCCN)c1)NC(=O)c1c(Cl)cc(C(=O)NCc2cccc(O)c2)cc1Cl. The van der Waals surface area contributed by atoms with E-state index in [4.69, 9.17) is 43.1 Å². The lowest BCUT2D eigenvalue weighted by Crippen LogP contribution is -2.49. The van der Waals surface area contributed by atoms with Gasteiger partial charge in [0.1, 0.15) is 29.9 Å². The third kappa shape index (κ3) is 10.5. The quantitative estimate of drug-likeness (QED) is 0.104. The fraction of sp³-hybridized carbons (Fsp3) is 0.267. The lowest BCUT2D eigenvalue weighted by atomic mass is 10.1. The summed E-state index contributed by atoms with van der Waals surface area (Å²) in [4.78, 5) is 51.1. The van der Waals surface area contributed by atoms with Gasteiger partial charge < -0.3 is 46.1 Å². The summed E-state index contributed by atoms with van der Waals surface area (Å²) in [7, 11) is 1.10. The molecule has 0 aliphatic rings. The lowest BCUT2D eigenvalue weighted by Gasteiger charge is -2.18. The fourth-order valence-electron chi connectivity index (χ4n) is 3.94. The summed E-state index contributed by atoms with van der Waals surface area (Å²) in [6.45, 7) is 0.825. The third-order valence-corrected chi connectivity index (χ3v) is 6.66. The van der Waals surface area contributed by atoms with Gasteiger partial charge in [-0.3, -0.25) is 14.4 Å². The molecule has 0 unspecified atom stereocenters. The molecule has 3 amide bonds. The number of nitrogens with one attached hydrogen (secondary N) is 3. The van der Waals surface area contributed by atoms with Crippen molar-refractivity contribution in [1.82, 2.24) is 16.0 Å². The molecule has 0 fully saturated rings. The van der Waals surface area contributed by atoms with Gasteiger partial charge in [-0.15, -0.1) is 0 Å². The molecule has 240 valence electrons. The first-order chi connectivity index (χ1) is 21.5. The number of hydrogen-bond donors (Lipinski definition) is 6. The maximum Gasteiger partial charge on any atom is 0.330 e. The van der Waals surface area contributed by atoms with Crippen LogP contribution in [0.3, 0.4) is 0 Å². The van der Waals surface area contributed by atoms with E-state index in [-0.39, 0.29) is 63.7 Å². The normalized spacial score (nSPS) is 11.3. The minimum absolute atomic E-state index is 0.0202. The van der Waals surface area contributed by atoms with E-state index in [1.54, 1.807) is 12.1 Å². The van der Waals surface area contributed by atoms with Gasteiger partial charge in [0.15, 0.2) is 0 Å². The molecule has 0 radical (unpaired) electrons. The van der Waals surface area contributed by atoms with Crippen LogP contribution in [0, 0.1) is 0 Å². The number of esters is 1. The molecule has 0 spiro atoms. The van der Waals surface area contributed by atoms with Crippen LogP contribution in [-0.4, -0.2) is 80.0 Å². The van der Waals surface area contributed by atoms with E-state index in [0.29, 0.717) is 18.7 Å². The highest BCUT2D eigenvalue weighted by Gasteiger charge is 2.26. The van der Waals surface area contributed by atoms with Crippen molar-refractivity contribution in [1.29, 1.82) is 0 Å². The Morgan fingerprint density at radius 1 is 0.844 bits per heavy atom. The van der Waals surface area contributed by atoms with Crippen LogP contribution in [-0.2, 0) is 20.8 Å². The van der Waals surface area contributed by atoms with Crippen molar-refractivity contribution < 1.29 is 43.6 Å². The first kappa shape index (κ1) is 34.9. The second kappa shape index (κ2) is 17.1. The van der Waals surface area contributed by atoms with Gasteiger partial charge in [0.25, 0.3) is 17.7 Å². The van der Waals surface area contributed by atoms with E-state index in [1.165, 1.54) is 42.5 Å². The standard InChI is InChI=1S/C30H32Cl2N4O9/c1-43-30(42)25(16-35-27(39)18-10-21(38)14-22(11-18)45-8-7-44-6-5-33)36-29(41)26-23(31)12-19(13-24(26)32)28(40)34-15-17-3-2-4-20(37)9-17/h2-4,9-14,25,37-38H,5-8,15-16,33H2,1H3,(H,34,40)(H,35,39)(H,36,41)/t25-/m0/s1. The van der Waals surface area contributed by atoms with E-state index in [1.807, 2.05) is 0 Å². The zero-order chi connectivity index (χ0) is 32.9. The number of methoxy groups -OCH3 is 1. The smallest absolute Gasteiger partial charge is 0.330 e. The Morgan fingerprint density at radius 2 is 1.53 bits per heavy atom. The molecule has 15 heteroatoms. The molecule has 3 aromatic rings. The first-order valence-corrected chi connectivity index (χ1v) is 14.2. The number of ether oxygens (including phenoxy) is 3. The maximum atomic E-state index is 13.1. The van der Waals surface area contributed by atoms with Crippen LogP contribution < -0.4 is 26.4 Å². The second-order valence-electron chi connectivity index (χ2n) is 9.39. The Balaban J connectivity index is 1.65. The summed E-state index contributed by atoms with van der Waals surface area (Å²) >= 11 is 12.6. The first-order valence-electron chi connectivity index (χ1n) is 13.5. The molecular formula is C30H32Cl2N4O9. The van der Waals surface area contributed by atoms with Gasteiger partial charge in [-0.25, -0.2) is 4.79 Å². The number of carbonyl (C=O) groups excluding carboxylic acids is 4. The minimum atomic E-state index is -1.36. The van der Waals surface area contributed by atoms with Crippen molar-refractivity contribution in [2.75, 3.05) is 40.0 Å². The van der Waals surface area contributed by atoms with Crippen LogP contribution in [0.1, 0.15) is 36.6 Å². The molecule has 0 saturated heterocycles. The van der Waals surface area contributed by atoms with Crippen molar-refractivity contribution in [2.24, 2.45) is 5.73 Å². The number of halogens is 2. The topological polar surface area (TPSA) is 199 Å². The van der Waals surface area contributed by atoms with Gasteiger partial charge >= 0.3 is 5.97 Å². The Kier molecular flexibility index (Phi) is 13.2. The number of nitrogens with two attached hydrogens (primary N) is 1. The molecule has 0 bridgehead atoms. The van der Waals surface area contributed by atoms with Gasteiger partial charge in [-0.2, -0.15) is 0 Å². The number of aromatic hydroxyl groups is 2. The number of phenolic OH excluding ortho intramolecular Hbond substituents is 2. The van der Waals surface area contributed by atoms with Crippen LogP contribution >= 0.6 is 23.2 Å². The number of rotatable bonds is 15. The third-order valence-electron chi connectivity index (χ3n) is 6.06. The summed E-state index contributed by atoms with van der Waals surface area (Å²) in [5, 5.41) is 26.9. The summed E-state index contributed by atoms with van der Waals surface area (Å²) in [5.41, 5.74) is 5.88. The van der Waals surface area contributed by atoms with E-state index in [2.05, 4.69) is 16.0 Å². The second-order valence-corrected chi connectivity index (χ2v) is 10.2. The molecule has 0 aliphatic heterocycles. The van der Waals surface area contributed by atoms with Crippen molar-refractivity contribution >= 4 is 46.9 Å². The number of benzene rings is 3. The van der Waals surface area contributed by atoms with Crippen molar-refractivity contribution in [3.05, 3.63) is 86.9 Å². The Labute approximate surface area is 268 Å². The highest BCUT2D eigenvalue weighted by atomic mass is 35.5. The van der Waals surface area contributed by atoms with Gasteiger partial charge in [0.05, 0.1) is 35.9 Å². The van der Waals surface area contributed by atoms with E-state index < -0.39 is 36.3 Å². The van der Waals surface area contributed by atoms with Crippen LogP contribution in [0.2, 0.25) is 10.0 Å². The van der Waals surface area contributed by atoms with Crippen LogP contribution in [0.25, 0.3) is 0 Å². The average molecular weight is 664 g/mol. The van der Waals surface area contributed by atoms with Gasteiger partial charge in [-0.05, 0) is 42.0 Å². The number of phenols is 2. The molecule has 3 rings (SSSR count). The average Bonchev–Trinajstić information content (AvgIpc) is 3.00. The lowest BCUT2D eigenvalue weighted by molar-refractivity contribution is -0.142. The Bertz CT molecular complexity index is 1510. The molecule has 7 N–H and O–H groups in total. The van der Waals surface area contributed by atoms with Crippen molar-refractivity contribution in [3.8, 4) is 17.2 Å². The zero-order valence-corrected chi connectivity index (χ0v) is 25.6. The number of hydrogen-bond acceptors (Lipinski definition) is 10. The molecule has 13 nitrogen and oxygen atoms in total. The molecule has 0 aliphatic carbocycles. The summed E-state index contributed by atoms with van der Waals surface area (Å²) in [6.07, 6.45) is 0. The van der Waals surface area contributed by atoms with Crippen molar-refractivity contribution in [3.63, 3.8) is 0 Å². The fourth-order valence-corrected chi connectivity index (χ4v) is 4.60. The highest BCUT2D eigenvalue weighted by molar-refractivity contribution is 6.40. The molecule has 1 atom stereocenters. The summed E-state index contributed by atoms with van der Waals surface area (Å²) in [6, 6.07) is 11.3. The predicted molar refractivity (Wildman–Crippen MR) is 165 cm³/mol. The predicted octanol–water partition coefficient (Wildman–Crippen LogP) is 2.39. The molecule has 45 heavy (non-hydrogen) atoms. The molecule has 0 heterocycles. The molecule has 3 aromatic carbocycles. The Morgan fingerprint density at radius 3 is 2.20 bits per heavy atom. The van der Waals surface area contributed by atoms with Gasteiger partial charge in [-0.1, -0.05) is 35.3 Å². The van der Waals surface area contributed by atoms with Crippen LogP contribution in [0.5, 0.6) is 17.2 Å². The summed E-state index contributed by atoms with van der Waals surface area (Å²) in [5.74, 6) is -2.95. The van der Waals surface area contributed by atoms with Gasteiger partial charge in [0, 0.05) is 36.8 Å². The molecular weight excluding hydrogens is 631 g/mol. The zero-order valence-electron chi connectivity index (χ0n) is 24.1. The summed E-state index contributed by atoms with van der Waals surface area (Å²) < 4.78 is 15.5. The maximum absolute atomic E-state index is 13.1. The number of carbonyl (C=O) groups is 4. The highest BCUT2D eigenvalue weighted by Crippen LogP contribution is 2.27. The molecule has 0 aromatic heterocycles. The van der Waals surface area contributed by atoms with E-state index in [9.17, 15) is 29.4 Å². The van der Waals surface area contributed by atoms with Gasteiger partial charge in [0.2, 0.25) is 0 Å². The number of amides is 3. The van der Waals surface area contributed by atoms with Crippen LogP contribution in [0.15, 0.2) is 54.6 Å². The van der Waals surface area contributed by atoms with Crippen LogP contribution in [0.4, 0.5) is 0 Å². The minimum Gasteiger partial charge on any atom is -0.508 e. The van der Waals surface area contributed by atoms with E-state index >= 15 is 0 Å². The largest absolute Gasteiger partial charge is 0.508 e. The van der Waals surface area contributed by atoms with E-state index in [0.717, 1.165) is 7.11 Å². The Hall–Kier alpha value is -4.56. The monoisotopic (exact) mass is 662 g/mol. The molecule has 0 saturated carbocycles.